The molecule has 1 aliphatic rings. The highest BCUT2D eigenvalue weighted by Crippen LogP contribution is 2.37. The van der Waals surface area contributed by atoms with Gasteiger partial charge in [0.15, 0.2) is 11.5 Å². The van der Waals surface area contributed by atoms with Crippen molar-refractivity contribution >= 4 is 28.5 Å². The molecule has 2 heterocycles. The zero-order valence-electron chi connectivity index (χ0n) is 17.3. The van der Waals surface area contributed by atoms with Crippen molar-refractivity contribution in [1.29, 1.82) is 0 Å². The molecule has 1 N–H and O–H groups in total. The van der Waals surface area contributed by atoms with Gasteiger partial charge in [0.25, 0.3) is 0 Å². The van der Waals surface area contributed by atoms with Crippen molar-refractivity contribution in [3.8, 4) is 11.5 Å². The summed E-state index contributed by atoms with van der Waals surface area (Å²) in [5.41, 5.74) is 4.32. The second kappa shape index (κ2) is 8.16. The molecule has 0 radical (unpaired) electrons. The Morgan fingerprint density at radius 2 is 1.93 bits per heavy atom. The molecule has 0 atom stereocenters. The molecule has 0 unspecified atom stereocenters. The Morgan fingerprint density at radius 1 is 1.13 bits per heavy atom. The van der Waals surface area contributed by atoms with Gasteiger partial charge in [-0.05, 0) is 30.3 Å². The van der Waals surface area contributed by atoms with E-state index in [9.17, 15) is 9.90 Å². The zero-order chi connectivity index (χ0) is 21.3. The standard InChI is InChI=1S/C24H24N2O4/c1-4-26-13-16(12-15-8-7-11-20(29-2)23(15)30-3)22-18(14-26)21(24(27)28)17-9-5-6-10-19(17)25-22/h5-12H,4,13-14H2,1-3H3,(H,27,28)/b16-12+. The number of hydrogen-bond donors (Lipinski definition) is 1. The second-order valence-corrected chi connectivity index (χ2v) is 7.19. The van der Waals surface area contributed by atoms with Crippen molar-refractivity contribution in [1.82, 2.24) is 9.88 Å². The third-order valence-electron chi connectivity index (χ3n) is 5.50. The number of carboxylic acids is 1. The van der Waals surface area contributed by atoms with Crippen molar-refractivity contribution in [2.24, 2.45) is 0 Å². The predicted molar refractivity (Wildman–Crippen MR) is 117 cm³/mol. The minimum atomic E-state index is -0.930. The SMILES string of the molecule is CCN1C/C(=C\c2cccc(OC)c2OC)c2nc3ccccc3c(C(=O)O)c2C1. The first-order chi connectivity index (χ1) is 14.6. The number of benzene rings is 2. The van der Waals surface area contributed by atoms with E-state index in [2.05, 4.69) is 11.8 Å². The molecule has 1 aromatic heterocycles. The zero-order valence-corrected chi connectivity index (χ0v) is 17.3. The number of likely N-dealkylation sites (N-methyl/N-ethyl adjacent to an activating group) is 1. The fourth-order valence-electron chi connectivity index (χ4n) is 4.06. The largest absolute Gasteiger partial charge is 0.493 e. The Labute approximate surface area is 175 Å². The average molecular weight is 404 g/mol. The van der Waals surface area contributed by atoms with E-state index in [1.807, 2.05) is 48.5 Å². The number of carbonyl (C=O) groups is 1. The highest BCUT2D eigenvalue weighted by Gasteiger charge is 2.28. The number of carboxylic acid groups (broad SMARTS) is 1. The number of aromatic nitrogens is 1. The number of hydrogen-bond acceptors (Lipinski definition) is 5. The first kappa shape index (κ1) is 19.9. The highest BCUT2D eigenvalue weighted by molar-refractivity contribution is 6.06. The molecule has 4 rings (SSSR count). The van der Waals surface area contributed by atoms with Crippen molar-refractivity contribution in [3.63, 3.8) is 0 Å². The number of ether oxygens (including phenoxy) is 2. The number of rotatable bonds is 5. The highest BCUT2D eigenvalue weighted by atomic mass is 16.5. The number of pyridine rings is 1. The van der Waals surface area contributed by atoms with Gasteiger partial charge in [-0.3, -0.25) is 4.90 Å². The smallest absolute Gasteiger partial charge is 0.336 e. The molecule has 0 fully saturated rings. The summed E-state index contributed by atoms with van der Waals surface area (Å²) in [6.45, 7) is 4.10. The minimum Gasteiger partial charge on any atom is -0.493 e. The maximum atomic E-state index is 12.2. The van der Waals surface area contributed by atoms with Gasteiger partial charge in [-0.2, -0.15) is 0 Å². The molecule has 6 nitrogen and oxygen atoms in total. The number of para-hydroxylation sites is 2. The third-order valence-corrected chi connectivity index (χ3v) is 5.50. The van der Waals surface area contributed by atoms with E-state index in [4.69, 9.17) is 14.5 Å². The number of methoxy groups -OCH3 is 2. The molecule has 3 aromatic rings. The number of fused-ring (bicyclic) bond motifs is 2. The van der Waals surface area contributed by atoms with Crippen LogP contribution in [-0.4, -0.2) is 48.3 Å². The summed E-state index contributed by atoms with van der Waals surface area (Å²) >= 11 is 0. The number of aromatic carboxylic acids is 1. The molecule has 0 saturated heterocycles. The molecule has 6 heteroatoms. The van der Waals surface area contributed by atoms with E-state index in [1.165, 1.54) is 0 Å². The molecule has 1 aliphatic heterocycles. The maximum Gasteiger partial charge on any atom is 0.336 e. The van der Waals surface area contributed by atoms with E-state index in [0.29, 0.717) is 41.1 Å². The van der Waals surface area contributed by atoms with Gasteiger partial charge in [-0.15, -0.1) is 0 Å². The third kappa shape index (κ3) is 3.39. The lowest BCUT2D eigenvalue weighted by atomic mass is 9.92. The average Bonchev–Trinajstić information content (AvgIpc) is 2.76. The van der Waals surface area contributed by atoms with Crippen molar-refractivity contribution in [2.45, 2.75) is 13.5 Å². The lowest BCUT2D eigenvalue weighted by molar-refractivity contribution is 0.0696. The van der Waals surface area contributed by atoms with Gasteiger partial charge in [0.2, 0.25) is 0 Å². The molecule has 0 amide bonds. The Morgan fingerprint density at radius 3 is 2.63 bits per heavy atom. The topological polar surface area (TPSA) is 71.9 Å². The molecule has 154 valence electrons. The van der Waals surface area contributed by atoms with Crippen LogP contribution < -0.4 is 9.47 Å². The van der Waals surface area contributed by atoms with Crippen molar-refractivity contribution < 1.29 is 19.4 Å². The monoisotopic (exact) mass is 404 g/mol. The van der Waals surface area contributed by atoms with Crippen LogP contribution >= 0.6 is 0 Å². The van der Waals surface area contributed by atoms with E-state index < -0.39 is 5.97 Å². The summed E-state index contributed by atoms with van der Waals surface area (Å²) in [5.74, 6) is 0.357. The molecular weight excluding hydrogens is 380 g/mol. The molecule has 2 aromatic carbocycles. The summed E-state index contributed by atoms with van der Waals surface area (Å²) in [5, 5.41) is 10.7. The maximum absolute atomic E-state index is 12.2. The summed E-state index contributed by atoms with van der Waals surface area (Å²) < 4.78 is 11.0. The van der Waals surface area contributed by atoms with Gasteiger partial charge in [-0.25, -0.2) is 9.78 Å². The molecule has 0 spiro atoms. The van der Waals surface area contributed by atoms with Crippen LogP contribution in [0.3, 0.4) is 0 Å². The van der Waals surface area contributed by atoms with Gasteiger partial charge in [0.1, 0.15) is 0 Å². The molecule has 0 aliphatic carbocycles. The van der Waals surface area contributed by atoms with E-state index in [1.54, 1.807) is 14.2 Å². The first-order valence-corrected chi connectivity index (χ1v) is 9.86. The summed E-state index contributed by atoms with van der Waals surface area (Å²) in [4.78, 5) is 19.3. The van der Waals surface area contributed by atoms with Crippen molar-refractivity contribution in [3.05, 3.63) is 64.8 Å². The van der Waals surface area contributed by atoms with Crippen LogP contribution in [0.5, 0.6) is 11.5 Å². The molecule has 0 saturated carbocycles. The Kier molecular flexibility index (Phi) is 5.42. The Balaban J connectivity index is 1.99. The molecular formula is C24H24N2O4. The number of nitrogens with zero attached hydrogens (tertiary/aromatic N) is 2. The quantitative estimate of drug-likeness (QED) is 0.683. The summed E-state index contributed by atoms with van der Waals surface area (Å²) in [6.07, 6.45) is 2.02. The van der Waals surface area contributed by atoms with Crippen LogP contribution in [0.1, 0.15) is 34.1 Å². The first-order valence-electron chi connectivity index (χ1n) is 9.86. The van der Waals surface area contributed by atoms with E-state index >= 15 is 0 Å². The van der Waals surface area contributed by atoms with Gasteiger partial charge in [-0.1, -0.05) is 37.3 Å². The summed E-state index contributed by atoms with van der Waals surface area (Å²) in [7, 11) is 3.22. The Bertz CT molecular complexity index is 1150. The molecule has 30 heavy (non-hydrogen) atoms. The van der Waals surface area contributed by atoms with Gasteiger partial charge in [0, 0.05) is 29.6 Å². The van der Waals surface area contributed by atoms with Crippen molar-refractivity contribution in [2.75, 3.05) is 27.3 Å². The minimum absolute atomic E-state index is 0.331. The summed E-state index contributed by atoms with van der Waals surface area (Å²) in [6, 6.07) is 13.1. The van der Waals surface area contributed by atoms with Crippen LogP contribution in [-0.2, 0) is 6.54 Å². The van der Waals surface area contributed by atoms with Gasteiger partial charge < -0.3 is 14.6 Å². The van der Waals surface area contributed by atoms with Crippen LogP contribution in [0.15, 0.2) is 42.5 Å². The molecule has 0 bridgehead atoms. The lowest BCUT2D eigenvalue weighted by Gasteiger charge is -2.30. The van der Waals surface area contributed by atoms with Crippen LogP contribution in [0.2, 0.25) is 0 Å². The Hall–Kier alpha value is -3.38. The fourth-order valence-corrected chi connectivity index (χ4v) is 4.06. The normalized spacial score (nSPS) is 15.2. The van der Waals surface area contributed by atoms with Crippen LogP contribution in [0.25, 0.3) is 22.6 Å². The predicted octanol–water partition coefficient (Wildman–Crippen LogP) is 4.33. The van der Waals surface area contributed by atoms with E-state index in [-0.39, 0.29) is 0 Å². The second-order valence-electron chi connectivity index (χ2n) is 7.19. The van der Waals surface area contributed by atoms with Crippen LogP contribution in [0.4, 0.5) is 0 Å². The van der Waals surface area contributed by atoms with Gasteiger partial charge >= 0.3 is 5.97 Å². The van der Waals surface area contributed by atoms with Gasteiger partial charge in [0.05, 0.1) is 31.0 Å². The lowest BCUT2D eigenvalue weighted by Crippen LogP contribution is -2.31. The van der Waals surface area contributed by atoms with E-state index in [0.717, 1.165) is 28.9 Å². The fraction of sp³-hybridized carbons (Fsp3) is 0.250. The van der Waals surface area contributed by atoms with Crippen LogP contribution in [0, 0.1) is 0 Å².